The Balaban J connectivity index is 2.94. The second-order valence-electron chi connectivity index (χ2n) is 3.42. The minimum atomic E-state index is -4.64. The number of hydrogen-bond donors (Lipinski definition) is 2. The zero-order chi connectivity index (χ0) is 13.8. The van der Waals surface area contributed by atoms with Gasteiger partial charge in [0, 0.05) is 11.9 Å². The van der Waals surface area contributed by atoms with E-state index in [0.717, 1.165) is 12.3 Å². The van der Waals surface area contributed by atoms with Crippen molar-refractivity contribution in [2.75, 3.05) is 17.2 Å². The Labute approximate surface area is 110 Å². The average molecular weight is 324 g/mol. The molecule has 18 heavy (non-hydrogen) atoms. The zero-order valence-corrected chi connectivity index (χ0v) is 10.6. The topological polar surface area (TPSA) is 68.9 Å². The number of anilines is 1. The van der Waals surface area contributed by atoms with Gasteiger partial charge in [-0.05, 0) is 6.07 Å². The number of hydrogen-bond acceptors (Lipinski definition) is 4. The number of pyridine rings is 1. The maximum Gasteiger partial charge on any atom is 0.419 e. The molecule has 0 aliphatic rings. The molecular formula is C10H9BrF3N3O. The molecule has 1 aromatic rings. The Hall–Kier alpha value is -1.33. The molecule has 0 spiro atoms. The number of aromatic nitrogens is 1. The van der Waals surface area contributed by atoms with E-state index in [1.807, 2.05) is 0 Å². The first-order chi connectivity index (χ1) is 8.38. The van der Waals surface area contributed by atoms with Crippen LogP contribution in [-0.2, 0) is 6.18 Å². The number of alkyl halides is 4. The highest BCUT2D eigenvalue weighted by Gasteiger charge is 2.34. The van der Waals surface area contributed by atoms with Crippen LogP contribution in [-0.4, -0.2) is 28.1 Å². The van der Waals surface area contributed by atoms with Crippen molar-refractivity contribution in [1.82, 2.24) is 4.98 Å². The summed E-state index contributed by atoms with van der Waals surface area (Å²) in [5.74, 6) is 0. The van der Waals surface area contributed by atoms with Crippen molar-refractivity contribution in [3.05, 3.63) is 23.5 Å². The molecule has 0 saturated carbocycles. The zero-order valence-electron chi connectivity index (χ0n) is 9.00. The van der Waals surface area contributed by atoms with Gasteiger partial charge < -0.3 is 10.4 Å². The van der Waals surface area contributed by atoms with Crippen LogP contribution in [0.1, 0.15) is 11.3 Å². The van der Waals surface area contributed by atoms with E-state index in [4.69, 9.17) is 5.26 Å². The van der Waals surface area contributed by atoms with Gasteiger partial charge in [-0.1, -0.05) is 15.9 Å². The van der Waals surface area contributed by atoms with Gasteiger partial charge in [0.2, 0.25) is 0 Å². The summed E-state index contributed by atoms with van der Waals surface area (Å²) in [6.45, 7) is 0.0795. The number of nitrogens with zero attached hydrogens (tertiary/aromatic N) is 2. The first-order valence-electron chi connectivity index (χ1n) is 4.83. The van der Waals surface area contributed by atoms with E-state index in [-0.39, 0.29) is 12.2 Å². The second-order valence-corrected chi connectivity index (χ2v) is 4.07. The third kappa shape index (κ3) is 3.85. The summed E-state index contributed by atoms with van der Waals surface area (Å²) in [6, 6.07) is 2.19. The quantitative estimate of drug-likeness (QED) is 0.833. The molecule has 0 amide bonds. The lowest BCUT2D eigenvalue weighted by Crippen LogP contribution is -2.21. The van der Waals surface area contributed by atoms with E-state index in [2.05, 4.69) is 26.2 Å². The summed E-state index contributed by atoms with van der Waals surface area (Å²) in [7, 11) is 0. The highest BCUT2D eigenvalue weighted by Crippen LogP contribution is 2.32. The highest BCUT2D eigenvalue weighted by atomic mass is 79.9. The number of rotatable bonds is 4. The van der Waals surface area contributed by atoms with Gasteiger partial charge in [-0.3, -0.25) is 0 Å². The third-order valence-electron chi connectivity index (χ3n) is 2.02. The Bertz CT molecular complexity index is 459. The third-order valence-corrected chi connectivity index (χ3v) is 2.77. The van der Waals surface area contributed by atoms with Crippen LogP contribution in [0.5, 0.6) is 0 Å². The molecule has 0 saturated heterocycles. The molecule has 1 aromatic heterocycles. The van der Waals surface area contributed by atoms with Gasteiger partial charge in [-0.2, -0.15) is 18.4 Å². The molecule has 0 radical (unpaired) electrons. The fourth-order valence-corrected chi connectivity index (χ4v) is 1.39. The largest absolute Gasteiger partial charge is 0.419 e. The SMILES string of the molecule is N#Cc1ncc(NC[C@@H](O)CBr)cc1C(F)(F)F. The van der Waals surface area contributed by atoms with Gasteiger partial charge in [0.25, 0.3) is 0 Å². The standard InChI is InChI=1S/C10H9BrF3N3O/c11-2-7(18)5-16-6-1-8(10(12,13)14)9(3-15)17-4-6/h1,4,7,16,18H,2,5H2/t7-/m0/s1. The summed E-state index contributed by atoms with van der Waals surface area (Å²) >= 11 is 3.03. The van der Waals surface area contributed by atoms with Gasteiger partial charge in [0.1, 0.15) is 6.07 Å². The van der Waals surface area contributed by atoms with Crippen LogP contribution in [0.2, 0.25) is 0 Å². The normalized spacial score (nSPS) is 12.9. The highest BCUT2D eigenvalue weighted by molar-refractivity contribution is 9.09. The molecule has 8 heteroatoms. The summed E-state index contributed by atoms with van der Waals surface area (Å²) < 4.78 is 37.8. The van der Waals surface area contributed by atoms with Crippen molar-refractivity contribution < 1.29 is 18.3 Å². The van der Waals surface area contributed by atoms with Crippen LogP contribution in [0, 0.1) is 11.3 Å². The maximum atomic E-state index is 12.6. The molecule has 0 fully saturated rings. The molecule has 4 nitrogen and oxygen atoms in total. The van der Waals surface area contributed by atoms with E-state index >= 15 is 0 Å². The van der Waals surface area contributed by atoms with E-state index in [0.29, 0.717) is 5.33 Å². The predicted octanol–water partition coefficient (Wildman–Crippen LogP) is 2.14. The molecule has 0 aliphatic carbocycles. The maximum absolute atomic E-state index is 12.6. The van der Waals surface area contributed by atoms with E-state index in [1.54, 1.807) is 0 Å². The van der Waals surface area contributed by atoms with Crippen LogP contribution in [0.15, 0.2) is 12.3 Å². The van der Waals surface area contributed by atoms with Gasteiger partial charge in [0.15, 0.2) is 5.69 Å². The molecule has 0 aliphatic heterocycles. The van der Waals surface area contributed by atoms with Crippen LogP contribution >= 0.6 is 15.9 Å². The van der Waals surface area contributed by atoms with E-state index in [1.165, 1.54) is 6.07 Å². The number of halogens is 4. The lowest BCUT2D eigenvalue weighted by molar-refractivity contribution is -0.138. The van der Waals surface area contributed by atoms with Crippen molar-refractivity contribution >= 4 is 21.6 Å². The fraction of sp³-hybridized carbons (Fsp3) is 0.400. The van der Waals surface area contributed by atoms with Crippen LogP contribution < -0.4 is 5.32 Å². The molecule has 1 atom stereocenters. The van der Waals surface area contributed by atoms with Crippen LogP contribution in [0.4, 0.5) is 18.9 Å². The van der Waals surface area contributed by atoms with Crippen molar-refractivity contribution in [2.24, 2.45) is 0 Å². The number of nitrogens with one attached hydrogen (secondary N) is 1. The molecule has 1 rings (SSSR count). The minimum Gasteiger partial charge on any atom is -0.390 e. The summed E-state index contributed by atoms with van der Waals surface area (Å²) in [5.41, 5.74) is -1.67. The van der Waals surface area contributed by atoms with Crippen molar-refractivity contribution in [1.29, 1.82) is 5.26 Å². The second kappa shape index (κ2) is 6.02. The molecule has 0 unspecified atom stereocenters. The molecule has 0 aromatic carbocycles. The van der Waals surface area contributed by atoms with Crippen LogP contribution in [0.25, 0.3) is 0 Å². The first kappa shape index (κ1) is 14.7. The van der Waals surface area contributed by atoms with Gasteiger partial charge in [0.05, 0.1) is 23.6 Å². The van der Waals surface area contributed by atoms with Gasteiger partial charge >= 0.3 is 6.18 Å². The Morgan fingerprint density at radius 1 is 1.56 bits per heavy atom. The Morgan fingerprint density at radius 2 is 2.22 bits per heavy atom. The molecule has 1 heterocycles. The van der Waals surface area contributed by atoms with Crippen molar-refractivity contribution in [3.63, 3.8) is 0 Å². The molecule has 0 bridgehead atoms. The van der Waals surface area contributed by atoms with Crippen molar-refractivity contribution in [3.8, 4) is 6.07 Å². The summed E-state index contributed by atoms with van der Waals surface area (Å²) in [5, 5.41) is 20.7. The lowest BCUT2D eigenvalue weighted by Gasteiger charge is -2.13. The Morgan fingerprint density at radius 3 is 2.72 bits per heavy atom. The average Bonchev–Trinajstić information content (AvgIpc) is 2.34. The minimum absolute atomic E-state index is 0.0795. The van der Waals surface area contributed by atoms with Gasteiger partial charge in [-0.15, -0.1) is 0 Å². The number of aliphatic hydroxyl groups excluding tert-OH is 1. The monoisotopic (exact) mass is 323 g/mol. The number of aliphatic hydroxyl groups is 1. The van der Waals surface area contributed by atoms with Gasteiger partial charge in [-0.25, -0.2) is 4.98 Å². The lowest BCUT2D eigenvalue weighted by atomic mass is 10.2. The first-order valence-corrected chi connectivity index (χ1v) is 5.96. The predicted molar refractivity (Wildman–Crippen MR) is 62.2 cm³/mol. The molecule has 2 N–H and O–H groups in total. The smallest absolute Gasteiger partial charge is 0.390 e. The fourth-order valence-electron chi connectivity index (χ4n) is 1.16. The Kier molecular flexibility index (Phi) is 4.93. The number of nitriles is 1. The van der Waals surface area contributed by atoms with Crippen molar-refractivity contribution in [2.45, 2.75) is 12.3 Å². The molecule has 98 valence electrons. The van der Waals surface area contributed by atoms with E-state index < -0.39 is 23.5 Å². The molecular weight excluding hydrogens is 315 g/mol. The summed E-state index contributed by atoms with van der Waals surface area (Å²) in [4.78, 5) is 3.43. The van der Waals surface area contributed by atoms with Crippen LogP contribution in [0.3, 0.4) is 0 Å². The van der Waals surface area contributed by atoms with E-state index in [9.17, 15) is 18.3 Å². The summed E-state index contributed by atoms with van der Waals surface area (Å²) in [6.07, 6.45) is -4.24.